The Morgan fingerprint density at radius 1 is 1.47 bits per heavy atom. The van der Waals surface area contributed by atoms with Gasteiger partial charge in [0, 0.05) is 13.2 Å². The third kappa shape index (κ3) is 6.45. The molecule has 0 rings (SSSR count). The van der Waals surface area contributed by atoms with Crippen molar-refractivity contribution in [1.29, 1.82) is 0 Å². The Morgan fingerprint density at radius 3 is 2.60 bits per heavy atom. The summed E-state index contributed by atoms with van der Waals surface area (Å²) in [5.41, 5.74) is 0. The number of nitrogens with one attached hydrogen (secondary N) is 1. The Bertz CT molecular complexity index is 271. The molecule has 0 saturated heterocycles. The number of carboxylic acid groups (broad SMARTS) is 1. The zero-order valence-corrected chi connectivity index (χ0v) is 8.77. The second kappa shape index (κ2) is 7.75. The van der Waals surface area contributed by atoms with Gasteiger partial charge < -0.3 is 15.2 Å². The lowest BCUT2D eigenvalue weighted by atomic mass is 10.3. The van der Waals surface area contributed by atoms with Crippen LogP contribution in [-0.2, 0) is 14.3 Å². The molecule has 0 aromatic carbocycles. The first-order valence-corrected chi connectivity index (χ1v) is 4.43. The van der Waals surface area contributed by atoms with Gasteiger partial charge in [-0.25, -0.2) is 4.79 Å². The number of amides is 1. The molecule has 0 aliphatic carbocycles. The Balaban J connectivity index is 4.16. The van der Waals surface area contributed by atoms with Crippen LogP contribution in [0.15, 0.2) is 24.3 Å². The Morgan fingerprint density at radius 2 is 2.13 bits per heavy atom. The number of carbonyl (C=O) groups excluding carboxylic acids is 1. The normalized spacial score (nSPS) is 13.2. The van der Waals surface area contributed by atoms with Crippen LogP contribution in [0.1, 0.15) is 6.92 Å². The summed E-state index contributed by atoms with van der Waals surface area (Å²) in [6, 6.07) is -1.02. The van der Waals surface area contributed by atoms with Crippen LogP contribution in [0.2, 0.25) is 0 Å². The van der Waals surface area contributed by atoms with E-state index in [1.807, 2.05) is 6.92 Å². The first-order valence-electron chi connectivity index (χ1n) is 4.43. The molecule has 0 saturated carbocycles. The van der Waals surface area contributed by atoms with E-state index in [4.69, 9.17) is 5.11 Å². The maximum Gasteiger partial charge on any atom is 0.328 e. The SMILES string of the molecule is CC=C/C=C/C(=O)NC(COC)C(=O)O. The summed E-state index contributed by atoms with van der Waals surface area (Å²) >= 11 is 0. The quantitative estimate of drug-likeness (QED) is 0.492. The molecule has 0 aliphatic rings. The maximum absolute atomic E-state index is 11.2. The van der Waals surface area contributed by atoms with Gasteiger partial charge in [-0.15, -0.1) is 0 Å². The van der Waals surface area contributed by atoms with Crippen LogP contribution in [-0.4, -0.2) is 36.7 Å². The topological polar surface area (TPSA) is 75.6 Å². The van der Waals surface area contributed by atoms with Gasteiger partial charge in [0.15, 0.2) is 6.04 Å². The van der Waals surface area contributed by atoms with Crippen LogP contribution in [0.25, 0.3) is 0 Å². The minimum absolute atomic E-state index is 0.0570. The predicted molar refractivity (Wildman–Crippen MR) is 55.4 cm³/mol. The van der Waals surface area contributed by atoms with Gasteiger partial charge in [0.25, 0.3) is 0 Å². The number of carbonyl (C=O) groups is 2. The average molecular weight is 213 g/mol. The second-order valence-electron chi connectivity index (χ2n) is 2.74. The number of hydrogen-bond donors (Lipinski definition) is 2. The number of methoxy groups -OCH3 is 1. The smallest absolute Gasteiger partial charge is 0.328 e. The van der Waals surface area contributed by atoms with Gasteiger partial charge >= 0.3 is 5.97 Å². The highest BCUT2D eigenvalue weighted by Crippen LogP contribution is 1.87. The molecule has 0 aromatic heterocycles. The molecule has 0 bridgehead atoms. The van der Waals surface area contributed by atoms with E-state index in [1.54, 1.807) is 12.2 Å². The van der Waals surface area contributed by atoms with Crippen LogP contribution in [0, 0.1) is 0 Å². The van der Waals surface area contributed by atoms with E-state index in [9.17, 15) is 9.59 Å². The fourth-order valence-electron chi connectivity index (χ4n) is 0.815. The molecular weight excluding hydrogens is 198 g/mol. The van der Waals surface area contributed by atoms with E-state index in [0.29, 0.717) is 0 Å². The lowest BCUT2D eigenvalue weighted by Crippen LogP contribution is -2.43. The number of allylic oxidation sites excluding steroid dienone is 3. The van der Waals surface area contributed by atoms with Crippen molar-refractivity contribution in [2.24, 2.45) is 0 Å². The standard InChI is InChI=1S/C10H15NO4/c1-3-4-5-6-9(12)11-8(7-15-2)10(13)14/h3-6,8H,7H2,1-2H3,(H,11,12)(H,13,14)/b4-3?,6-5+. The molecule has 0 spiro atoms. The van der Waals surface area contributed by atoms with Crippen LogP contribution in [0.3, 0.4) is 0 Å². The lowest BCUT2D eigenvalue weighted by Gasteiger charge is -2.11. The number of ether oxygens (including phenoxy) is 1. The number of carboxylic acids is 1. The van der Waals surface area contributed by atoms with Crippen molar-refractivity contribution < 1.29 is 19.4 Å². The Kier molecular flexibility index (Phi) is 6.92. The van der Waals surface area contributed by atoms with Crippen LogP contribution >= 0.6 is 0 Å². The molecule has 0 aliphatic heterocycles. The second-order valence-corrected chi connectivity index (χ2v) is 2.74. The van der Waals surface area contributed by atoms with E-state index in [2.05, 4.69) is 10.1 Å². The Labute approximate surface area is 88.4 Å². The van der Waals surface area contributed by atoms with Gasteiger partial charge in [-0.3, -0.25) is 4.79 Å². The van der Waals surface area contributed by atoms with Crippen molar-refractivity contribution in [3.63, 3.8) is 0 Å². The summed E-state index contributed by atoms with van der Waals surface area (Å²) in [5.74, 6) is -1.58. The molecule has 5 nitrogen and oxygen atoms in total. The van der Waals surface area contributed by atoms with Gasteiger partial charge in [-0.1, -0.05) is 18.2 Å². The number of rotatable bonds is 6. The first-order chi connectivity index (χ1) is 7.11. The third-order valence-corrected chi connectivity index (χ3v) is 1.50. The fraction of sp³-hybridized carbons (Fsp3) is 0.400. The molecule has 0 fully saturated rings. The molecule has 1 amide bonds. The molecule has 0 aromatic rings. The summed E-state index contributed by atoms with van der Waals surface area (Å²) in [6.07, 6.45) is 6.21. The van der Waals surface area contributed by atoms with Crippen molar-refractivity contribution in [3.8, 4) is 0 Å². The summed E-state index contributed by atoms with van der Waals surface area (Å²) in [5, 5.41) is 11.0. The first kappa shape index (κ1) is 13.4. The highest BCUT2D eigenvalue weighted by Gasteiger charge is 2.17. The minimum atomic E-state index is -1.12. The van der Waals surface area contributed by atoms with Crippen molar-refractivity contribution in [2.75, 3.05) is 13.7 Å². The van der Waals surface area contributed by atoms with Crippen molar-refractivity contribution in [3.05, 3.63) is 24.3 Å². The van der Waals surface area contributed by atoms with Gasteiger partial charge in [-0.2, -0.15) is 0 Å². The monoisotopic (exact) mass is 213 g/mol. The van der Waals surface area contributed by atoms with Crippen molar-refractivity contribution in [1.82, 2.24) is 5.32 Å². The molecule has 5 heteroatoms. The predicted octanol–water partition coefficient (Wildman–Crippen LogP) is 0.334. The largest absolute Gasteiger partial charge is 0.480 e. The average Bonchev–Trinajstić information content (AvgIpc) is 2.17. The van der Waals surface area contributed by atoms with Gasteiger partial charge in [0.05, 0.1) is 6.61 Å². The summed E-state index contributed by atoms with van der Waals surface area (Å²) < 4.78 is 4.66. The van der Waals surface area contributed by atoms with Gasteiger partial charge in [0.1, 0.15) is 0 Å². The summed E-state index contributed by atoms with van der Waals surface area (Å²) in [4.78, 5) is 21.8. The molecule has 2 N–H and O–H groups in total. The highest BCUT2D eigenvalue weighted by molar-refractivity contribution is 5.91. The third-order valence-electron chi connectivity index (χ3n) is 1.50. The van der Waals surface area contributed by atoms with E-state index in [1.165, 1.54) is 19.3 Å². The van der Waals surface area contributed by atoms with Gasteiger partial charge in [-0.05, 0) is 6.92 Å². The van der Waals surface area contributed by atoms with E-state index >= 15 is 0 Å². The molecule has 15 heavy (non-hydrogen) atoms. The van der Waals surface area contributed by atoms with E-state index < -0.39 is 17.9 Å². The molecule has 1 unspecified atom stereocenters. The lowest BCUT2D eigenvalue weighted by molar-refractivity contribution is -0.142. The zero-order valence-electron chi connectivity index (χ0n) is 8.77. The van der Waals surface area contributed by atoms with Crippen LogP contribution < -0.4 is 5.32 Å². The van der Waals surface area contributed by atoms with Crippen molar-refractivity contribution in [2.45, 2.75) is 13.0 Å². The maximum atomic E-state index is 11.2. The number of hydrogen-bond acceptors (Lipinski definition) is 3. The summed E-state index contributed by atoms with van der Waals surface area (Å²) in [6.45, 7) is 1.76. The number of aliphatic carboxylic acids is 1. The fourth-order valence-corrected chi connectivity index (χ4v) is 0.815. The molecular formula is C10H15NO4. The van der Waals surface area contributed by atoms with Crippen molar-refractivity contribution >= 4 is 11.9 Å². The molecule has 84 valence electrons. The summed E-state index contributed by atoms with van der Waals surface area (Å²) in [7, 11) is 1.37. The van der Waals surface area contributed by atoms with Gasteiger partial charge in [0.2, 0.25) is 5.91 Å². The zero-order chi connectivity index (χ0) is 11.7. The van der Waals surface area contributed by atoms with Crippen LogP contribution in [0.5, 0.6) is 0 Å². The highest BCUT2D eigenvalue weighted by atomic mass is 16.5. The molecule has 0 heterocycles. The molecule has 0 radical (unpaired) electrons. The van der Waals surface area contributed by atoms with E-state index in [0.717, 1.165) is 0 Å². The van der Waals surface area contributed by atoms with Crippen LogP contribution in [0.4, 0.5) is 0 Å². The van der Waals surface area contributed by atoms with E-state index in [-0.39, 0.29) is 6.61 Å². The Hall–Kier alpha value is -1.62. The minimum Gasteiger partial charge on any atom is -0.480 e. The molecule has 1 atom stereocenters.